The van der Waals surface area contributed by atoms with Gasteiger partial charge in [0.25, 0.3) is 5.91 Å². The minimum atomic E-state index is -1.37. The lowest BCUT2D eigenvalue weighted by molar-refractivity contribution is -0.143. The van der Waals surface area contributed by atoms with E-state index in [1.54, 1.807) is 11.8 Å². The van der Waals surface area contributed by atoms with Crippen molar-refractivity contribution in [3.63, 3.8) is 0 Å². The molecule has 1 saturated heterocycles. The van der Waals surface area contributed by atoms with Gasteiger partial charge in [-0.25, -0.2) is 9.69 Å². The maximum absolute atomic E-state index is 13.9. The number of urea groups is 1. The summed E-state index contributed by atoms with van der Waals surface area (Å²) in [5, 5.41) is 2.92. The molecule has 3 aromatic carbocycles. The zero-order chi connectivity index (χ0) is 23.0. The smallest absolute Gasteiger partial charge is 0.326 e. The van der Waals surface area contributed by atoms with Crippen LogP contribution in [0.25, 0.3) is 0 Å². The average molecular weight is 440 g/mol. The molecule has 1 unspecified atom stereocenters. The Morgan fingerprint density at radius 1 is 0.848 bits per heavy atom. The van der Waals surface area contributed by atoms with Gasteiger partial charge < -0.3 is 10.2 Å². The number of imide groups is 1. The summed E-state index contributed by atoms with van der Waals surface area (Å²) in [6.07, 6.45) is 0.757. The minimum Gasteiger partial charge on any atom is -0.336 e. The largest absolute Gasteiger partial charge is 0.336 e. The Bertz CT molecular complexity index is 1170. The molecule has 1 atom stereocenters. The molecule has 1 N–H and O–H groups in total. The van der Waals surface area contributed by atoms with Crippen LogP contribution in [-0.2, 0) is 28.1 Å². The number of hydrogen-bond acceptors (Lipinski definition) is 3. The maximum Gasteiger partial charge on any atom is 0.326 e. The second-order valence-electron chi connectivity index (χ2n) is 8.54. The highest BCUT2D eigenvalue weighted by molar-refractivity contribution is 6.12. The van der Waals surface area contributed by atoms with E-state index in [9.17, 15) is 14.4 Å². The van der Waals surface area contributed by atoms with Gasteiger partial charge in [-0.05, 0) is 35.6 Å². The first-order valence-corrected chi connectivity index (χ1v) is 11.1. The zero-order valence-corrected chi connectivity index (χ0v) is 18.4. The summed E-state index contributed by atoms with van der Waals surface area (Å²) < 4.78 is 0. The number of fused-ring (bicyclic) bond motifs is 1. The van der Waals surface area contributed by atoms with Gasteiger partial charge in [0.05, 0.1) is 0 Å². The van der Waals surface area contributed by atoms with E-state index in [4.69, 9.17) is 0 Å². The zero-order valence-electron chi connectivity index (χ0n) is 18.4. The minimum absolute atomic E-state index is 0.232. The van der Waals surface area contributed by atoms with Crippen molar-refractivity contribution in [2.75, 3.05) is 6.54 Å². The molecule has 166 valence electrons. The van der Waals surface area contributed by atoms with Crippen LogP contribution in [0.2, 0.25) is 0 Å². The Kier molecular flexibility index (Phi) is 5.21. The molecule has 2 aliphatic heterocycles. The number of nitrogens with zero attached hydrogens (tertiary/aromatic N) is 2. The van der Waals surface area contributed by atoms with Gasteiger partial charge >= 0.3 is 6.03 Å². The molecule has 0 saturated carbocycles. The van der Waals surface area contributed by atoms with Crippen LogP contribution < -0.4 is 5.32 Å². The highest BCUT2D eigenvalue weighted by atomic mass is 16.2. The molecular weight excluding hydrogens is 414 g/mol. The van der Waals surface area contributed by atoms with Crippen molar-refractivity contribution in [2.24, 2.45) is 0 Å². The van der Waals surface area contributed by atoms with Crippen molar-refractivity contribution in [3.8, 4) is 0 Å². The van der Waals surface area contributed by atoms with Crippen LogP contribution in [-0.4, -0.2) is 40.2 Å². The SMILES string of the molecule is CC(C(=O)N1CCc2ccccc2C1)N1C(=O)NC(c2ccccc2)(c2ccccc2)C1=O. The quantitative estimate of drug-likeness (QED) is 0.633. The lowest BCUT2D eigenvalue weighted by Crippen LogP contribution is -2.52. The molecule has 2 aliphatic rings. The Hall–Kier alpha value is -3.93. The fraction of sp³-hybridized carbons (Fsp3) is 0.222. The van der Waals surface area contributed by atoms with Crippen LogP contribution in [0.15, 0.2) is 84.9 Å². The third-order valence-corrected chi connectivity index (χ3v) is 6.65. The summed E-state index contributed by atoms with van der Waals surface area (Å²) in [4.78, 5) is 43.4. The molecule has 6 heteroatoms. The maximum atomic E-state index is 13.9. The molecular formula is C27H25N3O3. The van der Waals surface area contributed by atoms with Crippen molar-refractivity contribution in [3.05, 3.63) is 107 Å². The summed E-state index contributed by atoms with van der Waals surface area (Å²) in [6, 6.07) is 24.9. The lowest BCUT2D eigenvalue weighted by atomic mass is 9.82. The number of nitrogens with one attached hydrogen (secondary N) is 1. The molecule has 4 amide bonds. The second kappa shape index (κ2) is 8.20. The molecule has 0 spiro atoms. The monoisotopic (exact) mass is 439 g/mol. The molecule has 0 bridgehead atoms. The van der Waals surface area contributed by atoms with Gasteiger partial charge in [-0.15, -0.1) is 0 Å². The van der Waals surface area contributed by atoms with Gasteiger partial charge in [0.2, 0.25) is 5.91 Å². The van der Waals surface area contributed by atoms with Crippen LogP contribution in [0.4, 0.5) is 4.79 Å². The molecule has 6 nitrogen and oxygen atoms in total. The number of rotatable bonds is 4. The van der Waals surface area contributed by atoms with Crippen LogP contribution in [0, 0.1) is 0 Å². The van der Waals surface area contributed by atoms with Gasteiger partial charge in [0, 0.05) is 13.1 Å². The Labute approximate surface area is 192 Å². The Morgan fingerprint density at radius 3 is 2.00 bits per heavy atom. The van der Waals surface area contributed by atoms with E-state index >= 15 is 0 Å². The molecule has 33 heavy (non-hydrogen) atoms. The summed E-state index contributed by atoms with van der Waals surface area (Å²) >= 11 is 0. The topological polar surface area (TPSA) is 69.7 Å². The van der Waals surface area contributed by atoms with Crippen molar-refractivity contribution in [1.82, 2.24) is 15.1 Å². The van der Waals surface area contributed by atoms with E-state index in [1.165, 1.54) is 5.56 Å². The third-order valence-electron chi connectivity index (χ3n) is 6.65. The van der Waals surface area contributed by atoms with E-state index < -0.39 is 23.5 Å². The molecule has 0 aliphatic carbocycles. The van der Waals surface area contributed by atoms with E-state index in [-0.39, 0.29) is 5.91 Å². The molecule has 0 radical (unpaired) electrons. The first-order chi connectivity index (χ1) is 16.0. The van der Waals surface area contributed by atoms with Gasteiger partial charge in [0.15, 0.2) is 5.54 Å². The highest BCUT2D eigenvalue weighted by Crippen LogP contribution is 2.37. The summed E-state index contributed by atoms with van der Waals surface area (Å²) in [7, 11) is 0. The van der Waals surface area contributed by atoms with Gasteiger partial charge in [0.1, 0.15) is 6.04 Å². The number of benzene rings is 3. The predicted molar refractivity (Wildman–Crippen MR) is 124 cm³/mol. The summed E-state index contributed by atoms with van der Waals surface area (Å²) in [5.41, 5.74) is 2.27. The predicted octanol–water partition coefficient (Wildman–Crippen LogP) is 3.46. The van der Waals surface area contributed by atoms with Gasteiger partial charge in [-0.1, -0.05) is 84.9 Å². The van der Waals surface area contributed by atoms with Crippen molar-refractivity contribution in [1.29, 1.82) is 0 Å². The molecule has 5 rings (SSSR count). The first-order valence-electron chi connectivity index (χ1n) is 11.1. The highest BCUT2D eigenvalue weighted by Gasteiger charge is 2.56. The van der Waals surface area contributed by atoms with Crippen LogP contribution in [0.3, 0.4) is 0 Å². The van der Waals surface area contributed by atoms with Crippen LogP contribution in [0.1, 0.15) is 29.2 Å². The Balaban J connectivity index is 1.48. The average Bonchev–Trinajstić information content (AvgIpc) is 3.14. The first kappa shape index (κ1) is 20.9. The Morgan fingerprint density at radius 2 is 1.39 bits per heavy atom. The van der Waals surface area contributed by atoms with E-state index in [2.05, 4.69) is 11.4 Å². The summed E-state index contributed by atoms with van der Waals surface area (Å²) in [6.45, 7) is 2.67. The molecule has 1 fully saturated rings. The second-order valence-corrected chi connectivity index (χ2v) is 8.54. The standard InChI is InChI=1S/C27H25N3O3/c1-19(24(31)29-17-16-20-10-8-9-11-21(20)18-29)30-25(32)27(28-26(30)33,22-12-4-2-5-13-22)23-14-6-3-7-15-23/h2-15,19H,16-18H2,1H3,(H,28,33). The molecule has 0 aromatic heterocycles. The van der Waals surface area contributed by atoms with Crippen LogP contribution >= 0.6 is 0 Å². The van der Waals surface area contributed by atoms with Crippen molar-refractivity contribution >= 4 is 17.8 Å². The van der Waals surface area contributed by atoms with Crippen molar-refractivity contribution < 1.29 is 14.4 Å². The number of carbonyl (C=O) groups excluding carboxylic acids is 3. The van der Waals surface area contributed by atoms with Crippen molar-refractivity contribution in [2.45, 2.75) is 31.5 Å². The van der Waals surface area contributed by atoms with Gasteiger partial charge in [-0.3, -0.25) is 9.59 Å². The third kappa shape index (κ3) is 3.39. The molecule has 3 aromatic rings. The van der Waals surface area contributed by atoms with E-state index in [0.29, 0.717) is 24.2 Å². The number of carbonyl (C=O) groups is 3. The van der Waals surface area contributed by atoms with Gasteiger partial charge in [-0.2, -0.15) is 0 Å². The fourth-order valence-electron chi connectivity index (χ4n) is 4.89. The normalized spacial score (nSPS) is 18.0. The van der Waals surface area contributed by atoms with Crippen LogP contribution in [0.5, 0.6) is 0 Å². The number of hydrogen-bond donors (Lipinski definition) is 1. The number of amides is 4. The van der Waals surface area contributed by atoms with E-state index in [1.807, 2.05) is 78.9 Å². The molecule has 2 heterocycles. The van der Waals surface area contributed by atoms with E-state index in [0.717, 1.165) is 16.9 Å². The summed E-state index contributed by atoms with van der Waals surface area (Å²) in [5.74, 6) is -0.673. The fourth-order valence-corrected chi connectivity index (χ4v) is 4.89. The lowest BCUT2D eigenvalue weighted by Gasteiger charge is -2.33.